The summed E-state index contributed by atoms with van der Waals surface area (Å²) < 4.78 is 0. The molecule has 2 bridgehead atoms. The summed E-state index contributed by atoms with van der Waals surface area (Å²) in [5, 5.41) is 0. The second-order valence-corrected chi connectivity index (χ2v) is 9.12. The first kappa shape index (κ1) is 20.5. The molecule has 1 aliphatic carbocycles. The van der Waals surface area contributed by atoms with Gasteiger partial charge in [-0.3, -0.25) is 14.5 Å². The van der Waals surface area contributed by atoms with E-state index in [1.807, 2.05) is 0 Å². The molecule has 0 aromatic carbocycles. The average molecular weight is 350 g/mol. The molecule has 144 valence electrons. The summed E-state index contributed by atoms with van der Waals surface area (Å²) in [7, 11) is 0. The van der Waals surface area contributed by atoms with Crippen LogP contribution in [0.2, 0.25) is 0 Å². The number of fused-ring (bicyclic) bond motifs is 2. The highest BCUT2D eigenvalue weighted by atomic mass is 16.2. The van der Waals surface area contributed by atoms with Crippen molar-refractivity contribution in [1.29, 1.82) is 0 Å². The fourth-order valence-corrected chi connectivity index (χ4v) is 4.87. The SMILES string of the molecule is CCCCCCCCCCCCN1C(=O)[C@H]2CC[C@@](C)(C1=O)C2(C)C. The van der Waals surface area contributed by atoms with Gasteiger partial charge in [-0.05, 0) is 24.7 Å². The van der Waals surface area contributed by atoms with Crippen molar-refractivity contribution >= 4 is 11.8 Å². The smallest absolute Gasteiger partial charge is 0.235 e. The molecule has 3 nitrogen and oxygen atoms in total. The van der Waals surface area contributed by atoms with Gasteiger partial charge in [0.15, 0.2) is 0 Å². The minimum Gasteiger partial charge on any atom is -0.282 e. The summed E-state index contributed by atoms with van der Waals surface area (Å²) in [4.78, 5) is 27.3. The van der Waals surface area contributed by atoms with Gasteiger partial charge >= 0.3 is 0 Å². The van der Waals surface area contributed by atoms with Crippen LogP contribution in [0.1, 0.15) is 105 Å². The van der Waals surface area contributed by atoms with Gasteiger partial charge in [0.05, 0.1) is 5.41 Å². The fourth-order valence-electron chi connectivity index (χ4n) is 4.87. The molecule has 25 heavy (non-hydrogen) atoms. The van der Waals surface area contributed by atoms with Gasteiger partial charge in [-0.15, -0.1) is 0 Å². The molecular weight excluding hydrogens is 310 g/mol. The molecule has 3 heteroatoms. The molecule has 1 heterocycles. The predicted octanol–water partition coefficient (Wildman–Crippen LogP) is 5.72. The second-order valence-electron chi connectivity index (χ2n) is 9.12. The highest BCUT2D eigenvalue weighted by molar-refractivity contribution is 6.03. The summed E-state index contributed by atoms with van der Waals surface area (Å²) in [6, 6.07) is 0. The van der Waals surface area contributed by atoms with Crippen molar-refractivity contribution in [3.63, 3.8) is 0 Å². The summed E-state index contributed by atoms with van der Waals surface area (Å²) in [6.45, 7) is 9.19. The first-order chi connectivity index (χ1) is 11.9. The third kappa shape index (κ3) is 4.11. The Labute approximate surface area is 154 Å². The molecule has 1 saturated heterocycles. The number of carbonyl (C=O) groups excluding carboxylic acids is 2. The average Bonchev–Trinajstić information content (AvgIpc) is 2.76. The number of piperidine rings is 1. The maximum absolute atomic E-state index is 12.9. The van der Waals surface area contributed by atoms with E-state index in [2.05, 4.69) is 27.7 Å². The van der Waals surface area contributed by atoms with Crippen LogP contribution in [0.25, 0.3) is 0 Å². The van der Waals surface area contributed by atoms with E-state index in [4.69, 9.17) is 0 Å². The van der Waals surface area contributed by atoms with Crippen LogP contribution in [0.15, 0.2) is 0 Å². The first-order valence-corrected chi connectivity index (χ1v) is 10.7. The maximum atomic E-state index is 12.9. The topological polar surface area (TPSA) is 37.4 Å². The van der Waals surface area contributed by atoms with E-state index in [0.717, 1.165) is 25.7 Å². The summed E-state index contributed by atoms with van der Waals surface area (Å²) in [5.41, 5.74) is -0.528. The lowest BCUT2D eigenvalue weighted by Crippen LogP contribution is -2.59. The van der Waals surface area contributed by atoms with Crippen LogP contribution in [0.4, 0.5) is 0 Å². The van der Waals surface area contributed by atoms with Gasteiger partial charge in [0.2, 0.25) is 11.8 Å². The van der Waals surface area contributed by atoms with Crippen LogP contribution >= 0.6 is 0 Å². The predicted molar refractivity (Wildman–Crippen MR) is 103 cm³/mol. The minimum atomic E-state index is -0.343. The number of likely N-dealkylation sites (tertiary alicyclic amines) is 1. The van der Waals surface area contributed by atoms with Crippen LogP contribution < -0.4 is 0 Å². The molecule has 0 N–H and O–H groups in total. The number of imide groups is 1. The van der Waals surface area contributed by atoms with E-state index < -0.39 is 0 Å². The Balaban J connectivity index is 1.67. The molecule has 0 aromatic heterocycles. The van der Waals surface area contributed by atoms with Crippen molar-refractivity contribution in [2.24, 2.45) is 16.7 Å². The Bertz CT molecular complexity index is 471. The Morgan fingerprint density at radius 1 is 0.880 bits per heavy atom. The standard InChI is InChI=1S/C22H39NO2/c1-5-6-7-8-9-10-11-12-13-14-17-23-19(24)18-15-16-22(4,20(23)25)21(18,2)3/h18H,5-17H2,1-4H3/t18-,22+/m1/s1. The fraction of sp³-hybridized carbons (Fsp3) is 0.909. The molecule has 2 aliphatic rings. The van der Waals surface area contributed by atoms with Gasteiger partial charge in [0.1, 0.15) is 0 Å². The van der Waals surface area contributed by atoms with Crippen molar-refractivity contribution in [1.82, 2.24) is 4.90 Å². The van der Waals surface area contributed by atoms with Gasteiger partial charge in [-0.1, -0.05) is 85.5 Å². The lowest BCUT2D eigenvalue weighted by Gasteiger charge is -2.47. The molecule has 2 rings (SSSR count). The molecule has 0 aromatic rings. The molecule has 0 unspecified atom stereocenters. The van der Waals surface area contributed by atoms with Crippen molar-refractivity contribution < 1.29 is 9.59 Å². The third-order valence-electron chi connectivity index (χ3n) is 7.24. The molecule has 2 fully saturated rings. The molecule has 0 radical (unpaired) electrons. The zero-order valence-electron chi connectivity index (χ0n) is 17.0. The normalized spacial score (nSPS) is 28.0. The van der Waals surface area contributed by atoms with Gasteiger partial charge in [-0.25, -0.2) is 0 Å². The van der Waals surface area contributed by atoms with Crippen molar-refractivity contribution in [2.45, 2.75) is 105 Å². The van der Waals surface area contributed by atoms with Gasteiger partial charge in [-0.2, -0.15) is 0 Å². The van der Waals surface area contributed by atoms with E-state index in [-0.39, 0.29) is 28.6 Å². The van der Waals surface area contributed by atoms with E-state index in [9.17, 15) is 9.59 Å². The summed E-state index contributed by atoms with van der Waals surface area (Å²) in [5.74, 6) is 0.228. The largest absolute Gasteiger partial charge is 0.282 e. The molecule has 1 saturated carbocycles. The van der Waals surface area contributed by atoms with E-state index >= 15 is 0 Å². The van der Waals surface area contributed by atoms with Crippen LogP contribution in [0.5, 0.6) is 0 Å². The monoisotopic (exact) mass is 349 g/mol. The lowest BCUT2D eigenvalue weighted by molar-refractivity contribution is -0.167. The third-order valence-corrected chi connectivity index (χ3v) is 7.24. The number of unbranched alkanes of at least 4 members (excludes halogenated alkanes) is 9. The highest BCUT2D eigenvalue weighted by Gasteiger charge is 2.64. The molecule has 2 amide bonds. The minimum absolute atomic E-state index is 0.0401. The van der Waals surface area contributed by atoms with Crippen LogP contribution in [-0.2, 0) is 9.59 Å². The quantitative estimate of drug-likeness (QED) is 0.353. The van der Waals surface area contributed by atoms with E-state index in [1.165, 1.54) is 51.4 Å². The van der Waals surface area contributed by atoms with E-state index in [1.54, 1.807) is 4.90 Å². The zero-order valence-corrected chi connectivity index (χ0v) is 17.0. The highest BCUT2D eigenvalue weighted by Crippen LogP contribution is 2.60. The Morgan fingerprint density at radius 2 is 1.40 bits per heavy atom. The van der Waals surface area contributed by atoms with Crippen molar-refractivity contribution in [2.75, 3.05) is 6.54 Å². The van der Waals surface area contributed by atoms with Gasteiger partial charge in [0, 0.05) is 12.5 Å². The summed E-state index contributed by atoms with van der Waals surface area (Å²) in [6.07, 6.45) is 14.5. The number of nitrogens with zero attached hydrogens (tertiary/aromatic N) is 1. The van der Waals surface area contributed by atoms with Crippen LogP contribution in [0.3, 0.4) is 0 Å². The Morgan fingerprint density at radius 3 is 1.96 bits per heavy atom. The number of hydrogen-bond acceptors (Lipinski definition) is 2. The molecular formula is C22H39NO2. The number of amides is 2. The Hall–Kier alpha value is -0.860. The number of carbonyl (C=O) groups is 2. The van der Waals surface area contributed by atoms with Gasteiger partial charge in [0.25, 0.3) is 0 Å². The number of rotatable bonds is 11. The van der Waals surface area contributed by atoms with Crippen molar-refractivity contribution in [3.05, 3.63) is 0 Å². The van der Waals surface area contributed by atoms with Crippen LogP contribution in [-0.4, -0.2) is 23.3 Å². The van der Waals surface area contributed by atoms with E-state index in [0.29, 0.717) is 6.54 Å². The number of hydrogen-bond donors (Lipinski definition) is 0. The summed E-state index contributed by atoms with van der Waals surface area (Å²) >= 11 is 0. The molecule has 0 spiro atoms. The second kappa shape index (κ2) is 8.68. The Kier molecular flexibility index (Phi) is 7.10. The van der Waals surface area contributed by atoms with Gasteiger partial charge < -0.3 is 0 Å². The first-order valence-electron chi connectivity index (χ1n) is 10.7. The lowest BCUT2D eigenvalue weighted by atomic mass is 9.62. The molecule has 2 atom stereocenters. The molecule has 1 aliphatic heterocycles. The zero-order chi connectivity index (χ0) is 18.5. The maximum Gasteiger partial charge on any atom is 0.235 e. The van der Waals surface area contributed by atoms with Crippen molar-refractivity contribution in [3.8, 4) is 0 Å². The van der Waals surface area contributed by atoms with Crippen LogP contribution in [0, 0.1) is 16.7 Å².